The van der Waals surface area contributed by atoms with Gasteiger partial charge in [0, 0.05) is 27.7 Å². The first-order valence-corrected chi connectivity index (χ1v) is 9.23. The van der Waals surface area contributed by atoms with Gasteiger partial charge in [-0.15, -0.1) is 0 Å². The molecule has 166 valence electrons. The number of hydrogen-bond acceptors (Lipinski definition) is 11. The first-order chi connectivity index (χ1) is 13.3. The highest BCUT2D eigenvalue weighted by molar-refractivity contribution is 6.67. The second-order valence-electron chi connectivity index (χ2n) is 5.79. The van der Waals surface area contributed by atoms with E-state index in [0.717, 1.165) is 27.7 Å². The molecule has 1 saturated heterocycles. The maximum atomic E-state index is 11.6. The molecule has 1 N–H and O–H groups in total. The van der Waals surface area contributed by atoms with Crippen LogP contribution in [-0.2, 0) is 47.7 Å². The highest BCUT2D eigenvalue weighted by Crippen LogP contribution is 2.31. The van der Waals surface area contributed by atoms with Gasteiger partial charge in [-0.25, -0.2) is 0 Å². The quantitative estimate of drug-likeness (QED) is 0.183. The molecule has 0 spiro atoms. The number of alkyl halides is 3. The molecule has 29 heavy (non-hydrogen) atoms. The Balaban J connectivity index is 3.28. The standard InChI is InChI=1S/C15H20Cl3NO10/c1-6(20)24-5-10-11(25-7(2)21)12(26-8(3)22)13(27-9(4)23)14(28-10)29-19-15(16,17)18/h10-14,19H,5H2,1-4H3. The third-order valence-electron chi connectivity index (χ3n) is 3.24. The molecule has 5 unspecified atom stereocenters. The van der Waals surface area contributed by atoms with E-state index in [1.165, 1.54) is 0 Å². The third-order valence-corrected chi connectivity index (χ3v) is 3.47. The smallest absolute Gasteiger partial charge is 0.303 e. The molecule has 0 aromatic rings. The summed E-state index contributed by atoms with van der Waals surface area (Å²) in [7, 11) is 0. The largest absolute Gasteiger partial charge is 0.463 e. The minimum absolute atomic E-state index is 0.411. The van der Waals surface area contributed by atoms with Crippen molar-refractivity contribution in [3.8, 4) is 0 Å². The second kappa shape index (κ2) is 11.1. The van der Waals surface area contributed by atoms with E-state index in [-0.39, 0.29) is 0 Å². The second-order valence-corrected chi connectivity index (χ2v) is 8.07. The SMILES string of the molecule is CC(=O)OCC1OC(ONC(Cl)(Cl)Cl)C(OC(C)=O)C(OC(C)=O)C1OC(C)=O. The number of carbonyl (C=O) groups excluding carboxylic acids is 4. The van der Waals surface area contributed by atoms with Gasteiger partial charge in [-0.1, -0.05) is 34.8 Å². The van der Waals surface area contributed by atoms with E-state index in [2.05, 4.69) is 0 Å². The van der Waals surface area contributed by atoms with Gasteiger partial charge >= 0.3 is 23.9 Å². The Bertz CT molecular complexity index is 626. The zero-order valence-corrected chi connectivity index (χ0v) is 18.1. The van der Waals surface area contributed by atoms with Crippen LogP contribution in [-0.4, -0.2) is 65.1 Å². The van der Waals surface area contributed by atoms with E-state index >= 15 is 0 Å². The van der Waals surface area contributed by atoms with Crippen LogP contribution in [0.1, 0.15) is 27.7 Å². The summed E-state index contributed by atoms with van der Waals surface area (Å²) in [6.45, 7) is 4.00. The molecule has 0 aliphatic carbocycles. The first-order valence-electron chi connectivity index (χ1n) is 8.10. The van der Waals surface area contributed by atoms with Gasteiger partial charge in [-0.2, -0.15) is 5.48 Å². The third kappa shape index (κ3) is 9.32. The van der Waals surface area contributed by atoms with Gasteiger partial charge in [-0.05, 0) is 0 Å². The van der Waals surface area contributed by atoms with Crippen LogP contribution < -0.4 is 5.48 Å². The van der Waals surface area contributed by atoms with E-state index in [1.807, 2.05) is 5.48 Å². The fourth-order valence-electron chi connectivity index (χ4n) is 2.41. The number of carbonyl (C=O) groups is 4. The van der Waals surface area contributed by atoms with Crippen LogP contribution >= 0.6 is 34.8 Å². The van der Waals surface area contributed by atoms with E-state index < -0.39 is 65.1 Å². The highest BCUT2D eigenvalue weighted by atomic mass is 35.6. The van der Waals surface area contributed by atoms with Crippen LogP contribution in [0.4, 0.5) is 0 Å². The van der Waals surface area contributed by atoms with Crippen molar-refractivity contribution >= 4 is 58.7 Å². The van der Waals surface area contributed by atoms with Gasteiger partial charge in [0.15, 0.2) is 18.3 Å². The number of nitrogens with one attached hydrogen (secondary N) is 1. The maximum Gasteiger partial charge on any atom is 0.303 e. The molecule has 1 aliphatic rings. The Kier molecular flexibility index (Phi) is 9.86. The highest BCUT2D eigenvalue weighted by Gasteiger charge is 2.53. The lowest BCUT2D eigenvalue weighted by atomic mass is 9.98. The molecule has 1 fully saturated rings. The van der Waals surface area contributed by atoms with Crippen molar-refractivity contribution in [1.82, 2.24) is 5.48 Å². The Morgan fingerprint density at radius 2 is 1.31 bits per heavy atom. The monoisotopic (exact) mass is 479 g/mol. The molecule has 0 bridgehead atoms. The van der Waals surface area contributed by atoms with E-state index in [0.29, 0.717) is 0 Å². The summed E-state index contributed by atoms with van der Waals surface area (Å²) in [6, 6.07) is 0. The van der Waals surface area contributed by atoms with Gasteiger partial charge in [-0.3, -0.25) is 24.0 Å². The topological polar surface area (TPSA) is 136 Å². The van der Waals surface area contributed by atoms with Crippen LogP contribution in [0.25, 0.3) is 0 Å². The van der Waals surface area contributed by atoms with Crippen LogP contribution in [0, 0.1) is 0 Å². The zero-order valence-electron chi connectivity index (χ0n) is 15.8. The summed E-state index contributed by atoms with van der Waals surface area (Å²) < 4.78 is 23.9. The Labute approximate surface area is 181 Å². The Morgan fingerprint density at radius 1 is 0.828 bits per heavy atom. The van der Waals surface area contributed by atoms with Crippen molar-refractivity contribution in [2.45, 2.75) is 62.3 Å². The lowest BCUT2D eigenvalue weighted by molar-refractivity contribution is -0.321. The van der Waals surface area contributed by atoms with Crippen LogP contribution in [0.15, 0.2) is 0 Å². The molecule has 0 amide bonds. The van der Waals surface area contributed by atoms with Crippen LogP contribution in [0.3, 0.4) is 0 Å². The summed E-state index contributed by atoms with van der Waals surface area (Å²) >= 11 is 16.7. The molecule has 11 nitrogen and oxygen atoms in total. The maximum absolute atomic E-state index is 11.6. The number of hydrogen-bond donors (Lipinski definition) is 1. The molecule has 1 aliphatic heterocycles. The van der Waals surface area contributed by atoms with Crippen molar-refractivity contribution in [2.24, 2.45) is 0 Å². The van der Waals surface area contributed by atoms with Gasteiger partial charge in [0.25, 0.3) is 3.92 Å². The van der Waals surface area contributed by atoms with Crippen molar-refractivity contribution < 1.29 is 47.7 Å². The molecular weight excluding hydrogens is 461 g/mol. The van der Waals surface area contributed by atoms with Crippen LogP contribution in [0.2, 0.25) is 0 Å². The molecule has 14 heteroatoms. The molecule has 0 saturated carbocycles. The summed E-state index contributed by atoms with van der Waals surface area (Å²) in [4.78, 5) is 51.1. The van der Waals surface area contributed by atoms with E-state index in [1.54, 1.807) is 0 Å². The normalized spacial score (nSPS) is 26.9. The average Bonchev–Trinajstić information content (AvgIpc) is 2.53. The molecule has 1 heterocycles. The number of rotatable bonds is 7. The number of hydroxylamine groups is 1. The van der Waals surface area contributed by atoms with E-state index in [4.69, 9.17) is 63.3 Å². The summed E-state index contributed by atoms with van der Waals surface area (Å²) in [5.74, 6) is -2.99. The van der Waals surface area contributed by atoms with Crippen molar-refractivity contribution in [3.05, 3.63) is 0 Å². The first kappa shape index (κ1) is 25.7. The molecule has 5 atom stereocenters. The van der Waals surface area contributed by atoms with Crippen molar-refractivity contribution in [1.29, 1.82) is 0 Å². The van der Waals surface area contributed by atoms with Gasteiger partial charge in [0.05, 0.1) is 0 Å². The molecular formula is C15H20Cl3NO10. The van der Waals surface area contributed by atoms with Gasteiger partial charge in [0.2, 0.25) is 6.29 Å². The lowest BCUT2D eigenvalue weighted by Crippen LogP contribution is -2.63. The Morgan fingerprint density at radius 3 is 1.76 bits per heavy atom. The molecule has 0 radical (unpaired) electrons. The number of esters is 4. The fraction of sp³-hybridized carbons (Fsp3) is 0.733. The summed E-state index contributed by atoms with van der Waals surface area (Å²) in [5, 5.41) is 0. The summed E-state index contributed by atoms with van der Waals surface area (Å²) in [5.41, 5.74) is 2.03. The van der Waals surface area contributed by atoms with Gasteiger partial charge in [0.1, 0.15) is 12.7 Å². The predicted molar refractivity (Wildman–Crippen MR) is 96.5 cm³/mol. The summed E-state index contributed by atoms with van der Waals surface area (Å²) in [6.07, 6.45) is -6.83. The van der Waals surface area contributed by atoms with Crippen LogP contribution in [0.5, 0.6) is 0 Å². The lowest BCUT2D eigenvalue weighted by Gasteiger charge is -2.43. The fourth-order valence-corrected chi connectivity index (χ4v) is 2.54. The molecule has 1 rings (SSSR count). The number of ether oxygens (including phenoxy) is 5. The molecule has 0 aromatic carbocycles. The number of halogens is 3. The minimum atomic E-state index is -2.08. The van der Waals surface area contributed by atoms with Crippen molar-refractivity contribution in [3.63, 3.8) is 0 Å². The minimum Gasteiger partial charge on any atom is -0.463 e. The van der Waals surface area contributed by atoms with Crippen molar-refractivity contribution in [2.75, 3.05) is 6.61 Å². The average molecular weight is 481 g/mol. The Hall–Kier alpha value is -1.37. The zero-order chi connectivity index (χ0) is 22.4. The van der Waals surface area contributed by atoms with E-state index in [9.17, 15) is 19.2 Å². The predicted octanol–water partition coefficient (Wildman–Crippen LogP) is 0.918. The molecule has 0 aromatic heterocycles. The van der Waals surface area contributed by atoms with Gasteiger partial charge < -0.3 is 23.7 Å².